The van der Waals surface area contributed by atoms with Crippen molar-refractivity contribution >= 4 is 11.6 Å². The number of para-hydroxylation sites is 1. The highest BCUT2D eigenvalue weighted by Crippen LogP contribution is 2.28. The molecule has 5 nitrogen and oxygen atoms in total. The van der Waals surface area contributed by atoms with Crippen molar-refractivity contribution in [3.05, 3.63) is 90.0 Å². The van der Waals surface area contributed by atoms with Gasteiger partial charge in [-0.2, -0.15) is 5.06 Å². The van der Waals surface area contributed by atoms with Gasteiger partial charge < -0.3 is 9.47 Å². The summed E-state index contributed by atoms with van der Waals surface area (Å²) in [6.07, 6.45) is 1.55. The number of anilines is 1. The lowest BCUT2D eigenvalue weighted by atomic mass is 10.1. The van der Waals surface area contributed by atoms with Gasteiger partial charge in [-0.1, -0.05) is 42.5 Å². The van der Waals surface area contributed by atoms with Gasteiger partial charge in [-0.15, -0.1) is 0 Å². The fourth-order valence-electron chi connectivity index (χ4n) is 2.98. The summed E-state index contributed by atoms with van der Waals surface area (Å²) in [5.74, 6) is 1.22. The van der Waals surface area contributed by atoms with Gasteiger partial charge in [0.2, 0.25) is 0 Å². The number of carbonyl (C=O) groups is 1. The molecule has 0 heterocycles. The topological polar surface area (TPSA) is 48.0 Å². The van der Waals surface area contributed by atoms with Gasteiger partial charge in [-0.3, -0.25) is 9.63 Å². The van der Waals surface area contributed by atoms with Gasteiger partial charge in [-0.05, 0) is 54.8 Å². The van der Waals surface area contributed by atoms with E-state index < -0.39 is 0 Å². The Morgan fingerprint density at radius 3 is 2.14 bits per heavy atom. The highest BCUT2D eigenvalue weighted by Gasteiger charge is 2.18. The van der Waals surface area contributed by atoms with Crippen molar-refractivity contribution in [1.29, 1.82) is 0 Å². The number of benzene rings is 3. The van der Waals surface area contributed by atoms with Crippen molar-refractivity contribution in [3.63, 3.8) is 0 Å². The van der Waals surface area contributed by atoms with E-state index in [1.165, 1.54) is 5.06 Å². The molecule has 0 aromatic heterocycles. The molecule has 29 heavy (non-hydrogen) atoms. The summed E-state index contributed by atoms with van der Waals surface area (Å²) >= 11 is 0. The Hall–Kier alpha value is -3.31. The van der Waals surface area contributed by atoms with Crippen LogP contribution in [0.25, 0.3) is 0 Å². The Kier molecular flexibility index (Phi) is 7.25. The van der Waals surface area contributed by atoms with Crippen LogP contribution in [0.1, 0.15) is 22.3 Å². The molecule has 0 aliphatic rings. The summed E-state index contributed by atoms with van der Waals surface area (Å²) in [7, 11) is 3.24. The summed E-state index contributed by atoms with van der Waals surface area (Å²) in [6.45, 7) is 0.405. The molecule has 0 saturated carbocycles. The molecule has 1 amide bonds. The third kappa shape index (κ3) is 5.36. The fraction of sp³-hybridized carbons (Fsp3) is 0.208. The van der Waals surface area contributed by atoms with E-state index in [1.807, 2.05) is 66.7 Å². The average molecular weight is 391 g/mol. The minimum atomic E-state index is -0.192. The molecular weight excluding hydrogens is 366 g/mol. The van der Waals surface area contributed by atoms with E-state index in [1.54, 1.807) is 26.4 Å². The number of methoxy groups -OCH3 is 2. The summed E-state index contributed by atoms with van der Waals surface area (Å²) in [6, 6.07) is 24.4. The SMILES string of the molecule is COc1ccc(CCCON(C(=O)c2ccccc2)c2ccccc2)cc1OC. The van der Waals surface area contributed by atoms with Crippen LogP contribution in [0.3, 0.4) is 0 Å². The van der Waals surface area contributed by atoms with Gasteiger partial charge in [-0.25, -0.2) is 0 Å². The first-order valence-electron chi connectivity index (χ1n) is 9.51. The van der Waals surface area contributed by atoms with E-state index in [0.717, 1.165) is 18.4 Å². The molecule has 0 aliphatic carbocycles. The second kappa shape index (κ2) is 10.3. The first-order chi connectivity index (χ1) is 14.2. The molecule has 0 unspecified atom stereocenters. The van der Waals surface area contributed by atoms with E-state index in [9.17, 15) is 4.79 Å². The largest absolute Gasteiger partial charge is 0.493 e. The van der Waals surface area contributed by atoms with Crippen molar-refractivity contribution < 1.29 is 19.1 Å². The van der Waals surface area contributed by atoms with E-state index >= 15 is 0 Å². The molecule has 0 radical (unpaired) electrons. The van der Waals surface area contributed by atoms with Crippen LogP contribution in [0.5, 0.6) is 11.5 Å². The number of aryl methyl sites for hydroxylation is 1. The highest BCUT2D eigenvalue weighted by atomic mass is 16.7. The predicted molar refractivity (Wildman–Crippen MR) is 114 cm³/mol. The molecule has 3 rings (SSSR count). The van der Waals surface area contributed by atoms with Crippen LogP contribution in [0, 0.1) is 0 Å². The van der Waals surface area contributed by atoms with Gasteiger partial charge >= 0.3 is 0 Å². The second-order valence-electron chi connectivity index (χ2n) is 6.43. The first-order valence-corrected chi connectivity index (χ1v) is 9.51. The molecule has 0 aliphatic heterocycles. The van der Waals surface area contributed by atoms with Crippen molar-refractivity contribution in [1.82, 2.24) is 0 Å². The van der Waals surface area contributed by atoms with Crippen molar-refractivity contribution in [2.24, 2.45) is 0 Å². The molecule has 0 spiro atoms. The minimum absolute atomic E-state index is 0.192. The van der Waals surface area contributed by atoms with E-state index in [2.05, 4.69) is 0 Å². The number of amides is 1. The van der Waals surface area contributed by atoms with Gasteiger partial charge in [0.1, 0.15) is 0 Å². The number of hydroxylamine groups is 1. The van der Waals surface area contributed by atoms with Gasteiger partial charge in [0.15, 0.2) is 11.5 Å². The van der Waals surface area contributed by atoms with Crippen LogP contribution in [0.15, 0.2) is 78.9 Å². The fourth-order valence-corrected chi connectivity index (χ4v) is 2.98. The average Bonchev–Trinajstić information content (AvgIpc) is 2.79. The van der Waals surface area contributed by atoms with Crippen LogP contribution in [-0.2, 0) is 11.3 Å². The second-order valence-corrected chi connectivity index (χ2v) is 6.43. The zero-order valence-corrected chi connectivity index (χ0v) is 16.7. The molecule has 0 fully saturated rings. The summed E-state index contributed by atoms with van der Waals surface area (Å²) in [5.41, 5.74) is 2.40. The van der Waals surface area contributed by atoms with Crippen LogP contribution < -0.4 is 14.5 Å². The number of hydrogen-bond donors (Lipinski definition) is 0. The number of ether oxygens (including phenoxy) is 2. The highest BCUT2D eigenvalue weighted by molar-refractivity contribution is 6.04. The van der Waals surface area contributed by atoms with E-state index in [4.69, 9.17) is 14.3 Å². The maximum absolute atomic E-state index is 12.9. The molecule has 0 atom stereocenters. The van der Waals surface area contributed by atoms with Gasteiger partial charge in [0.05, 0.1) is 26.5 Å². The Morgan fingerprint density at radius 1 is 0.828 bits per heavy atom. The Morgan fingerprint density at radius 2 is 1.48 bits per heavy atom. The van der Waals surface area contributed by atoms with E-state index in [-0.39, 0.29) is 5.91 Å². The lowest BCUT2D eigenvalue weighted by Gasteiger charge is -2.22. The number of rotatable bonds is 9. The van der Waals surface area contributed by atoms with E-state index in [0.29, 0.717) is 29.4 Å². The lowest BCUT2D eigenvalue weighted by Crippen LogP contribution is -2.31. The molecule has 5 heteroatoms. The minimum Gasteiger partial charge on any atom is -0.493 e. The lowest BCUT2D eigenvalue weighted by molar-refractivity contribution is 0.0642. The zero-order chi connectivity index (χ0) is 20.5. The zero-order valence-electron chi connectivity index (χ0n) is 16.7. The van der Waals surface area contributed by atoms with Crippen LogP contribution in [-0.4, -0.2) is 26.7 Å². The van der Waals surface area contributed by atoms with Crippen molar-refractivity contribution in [3.8, 4) is 11.5 Å². The maximum atomic E-state index is 12.9. The number of hydrogen-bond acceptors (Lipinski definition) is 4. The summed E-state index contributed by atoms with van der Waals surface area (Å²) in [4.78, 5) is 18.8. The third-order valence-corrected chi connectivity index (χ3v) is 4.47. The number of nitrogens with zero attached hydrogens (tertiary/aromatic N) is 1. The molecular formula is C24H25NO4. The van der Waals surface area contributed by atoms with Crippen LogP contribution in [0.2, 0.25) is 0 Å². The molecule has 3 aromatic carbocycles. The van der Waals surface area contributed by atoms with Gasteiger partial charge in [0, 0.05) is 5.56 Å². The standard InChI is InChI=1S/C24H25NO4/c1-27-22-16-15-19(18-23(22)28-2)10-9-17-29-25(21-13-7-4-8-14-21)24(26)20-11-5-3-6-12-20/h3-8,11-16,18H,9-10,17H2,1-2H3. The maximum Gasteiger partial charge on any atom is 0.282 e. The molecule has 150 valence electrons. The third-order valence-electron chi connectivity index (χ3n) is 4.47. The van der Waals surface area contributed by atoms with Crippen molar-refractivity contribution in [2.75, 3.05) is 25.9 Å². The molecule has 0 bridgehead atoms. The quantitative estimate of drug-likeness (QED) is 0.384. The monoisotopic (exact) mass is 391 g/mol. The first kappa shape index (κ1) is 20.4. The normalized spacial score (nSPS) is 10.4. The van der Waals surface area contributed by atoms with Crippen LogP contribution >= 0.6 is 0 Å². The molecule has 0 N–H and O–H groups in total. The summed E-state index contributed by atoms with van der Waals surface area (Å²) in [5, 5.41) is 1.37. The van der Waals surface area contributed by atoms with Crippen LogP contribution in [0.4, 0.5) is 5.69 Å². The Bertz CT molecular complexity index is 913. The summed E-state index contributed by atoms with van der Waals surface area (Å²) < 4.78 is 10.6. The molecule has 0 saturated heterocycles. The predicted octanol–water partition coefficient (Wildman–Crippen LogP) is 4.92. The van der Waals surface area contributed by atoms with Gasteiger partial charge in [0.25, 0.3) is 5.91 Å². The Balaban J connectivity index is 1.64. The Labute approximate surface area is 171 Å². The molecule has 3 aromatic rings. The smallest absolute Gasteiger partial charge is 0.282 e. The van der Waals surface area contributed by atoms with Crippen molar-refractivity contribution in [2.45, 2.75) is 12.8 Å². The number of carbonyl (C=O) groups excluding carboxylic acids is 1.